The van der Waals surface area contributed by atoms with Crippen LogP contribution < -0.4 is 16.8 Å². The van der Waals surface area contributed by atoms with E-state index in [-0.39, 0.29) is 35.0 Å². The van der Waals surface area contributed by atoms with Gasteiger partial charge in [0.1, 0.15) is 6.04 Å². The Kier molecular flexibility index (Phi) is 6.36. The first kappa shape index (κ1) is 23.2. The minimum absolute atomic E-state index is 0.0368. The van der Waals surface area contributed by atoms with Gasteiger partial charge in [-0.3, -0.25) is 19.2 Å². The fraction of sp³-hybridized carbons (Fsp3) is 0.833. The first-order chi connectivity index (χ1) is 15.1. The van der Waals surface area contributed by atoms with E-state index in [0.29, 0.717) is 18.9 Å². The molecule has 0 aromatic carbocycles. The number of nitrogens with zero attached hydrogens (tertiary/aromatic N) is 1. The summed E-state index contributed by atoms with van der Waals surface area (Å²) in [5, 5.41) is 2.81. The largest absolute Gasteiger partial charge is 0.363 e. The van der Waals surface area contributed by atoms with Crippen molar-refractivity contribution in [2.24, 2.45) is 40.6 Å². The van der Waals surface area contributed by atoms with E-state index in [1.807, 2.05) is 0 Å². The zero-order chi connectivity index (χ0) is 23.2. The summed E-state index contributed by atoms with van der Waals surface area (Å²) in [7, 11) is 0. The van der Waals surface area contributed by atoms with Crippen molar-refractivity contribution in [1.82, 2.24) is 10.2 Å². The van der Waals surface area contributed by atoms with Crippen LogP contribution in [0.15, 0.2) is 0 Å². The molecule has 0 bridgehead atoms. The average Bonchev–Trinajstić information content (AvgIpc) is 3.08. The second-order valence-corrected chi connectivity index (χ2v) is 11.1. The smallest absolute Gasteiger partial charge is 0.287 e. The predicted octanol–water partition coefficient (Wildman–Crippen LogP) is 1.11. The highest BCUT2D eigenvalue weighted by Crippen LogP contribution is 2.65. The van der Waals surface area contributed by atoms with Gasteiger partial charge < -0.3 is 21.7 Å². The van der Waals surface area contributed by atoms with Gasteiger partial charge in [0.2, 0.25) is 17.6 Å². The molecule has 5 N–H and O–H groups in total. The Labute approximate surface area is 190 Å². The fourth-order valence-electron chi connectivity index (χ4n) is 6.42. The number of hydrogen-bond donors (Lipinski definition) is 3. The highest BCUT2D eigenvalue weighted by molar-refractivity contribution is 6.37. The number of Topliss-reactive ketones (excluding diaryl/α,β-unsaturated/α-hetero) is 1. The summed E-state index contributed by atoms with van der Waals surface area (Å²) in [5.41, 5.74) is 11.6. The molecule has 8 nitrogen and oxygen atoms in total. The molecule has 4 fully saturated rings. The van der Waals surface area contributed by atoms with Gasteiger partial charge in [-0.1, -0.05) is 52.4 Å². The number of ketones is 1. The lowest BCUT2D eigenvalue weighted by Gasteiger charge is -2.36. The van der Waals surface area contributed by atoms with Gasteiger partial charge in [0.05, 0.1) is 12.1 Å². The van der Waals surface area contributed by atoms with Crippen LogP contribution in [-0.4, -0.2) is 53.1 Å². The lowest BCUT2D eigenvalue weighted by molar-refractivity contribution is -0.144. The average molecular weight is 447 g/mol. The highest BCUT2D eigenvalue weighted by Gasteiger charge is 2.69. The van der Waals surface area contributed by atoms with Crippen molar-refractivity contribution in [2.75, 3.05) is 6.54 Å². The molecule has 4 rings (SSSR count). The number of primary amides is 1. The van der Waals surface area contributed by atoms with Gasteiger partial charge >= 0.3 is 0 Å². The number of nitrogens with one attached hydrogen (secondary N) is 1. The van der Waals surface area contributed by atoms with Gasteiger partial charge in [0.15, 0.2) is 0 Å². The molecule has 4 aliphatic rings. The first-order valence-corrected chi connectivity index (χ1v) is 12.3. The summed E-state index contributed by atoms with van der Waals surface area (Å²) in [5.74, 6) is -1.54. The Morgan fingerprint density at radius 1 is 1.03 bits per heavy atom. The summed E-state index contributed by atoms with van der Waals surface area (Å²) in [6.07, 6.45) is 8.75. The van der Waals surface area contributed by atoms with Crippen molar-refractivity contribution in [2.45, 2.75) is 89.8 Å². The molecule has 3 aliphatic carbocycles. The van der Waals surface area contributed by atoms with Crippen molar-refractivity contribution in [3.05, 3.63) is 0 Å². The number of likely N-dealkylation sites (tertiary alicyclic amines) is 1. The molecule has 3 amide bonds. The third kappa shape index (κ3) is 4.18. The molecule has 0 radical (unpaired) electrons. The van der Waals surface area contributed by atoms with E-state index in [1.165, 1.54) is 6.42 Å². The SMILES string of the molecule is CC1(C)[C@@H]2[C@@H](C(=O)NC(CC3CCC3)C(=O)C(N)=O)N(C(=O)[C@@H](N)C3CCCCC3)C[C@@H]21. The van der Waals surface area contributed by atoms with E-state index >= 15 is 0 Å². The molecule has 1 saturated heterocycles. The summed E-state index contributed by atoms with van der Waals surface area (Å²) in [6, 6.07) is -2.17. The third-order valence-corrected chi connectivity index (χ3v) is 8.87. The second kappa shape index (κ2) is 8.76. The number of nitrogens with two attached hydrogens (primary N) is 2. The molecule has 1 heterocycles. The van der Waals surface area contributed by atoms with Gasteiger partial charge in [-0.25, -0.2) is 0 Å². The Hall–Kier alpha value is -1.96. The molecular weight excluding hydrogens is 408 g/mol. The van der Waals surface area contributed by atoms with E-state index < -0.39 is 29.8 Å². The number of carbonyl (C=O) groups excluding carboxylic acids is 4. The monoisotopic (exact) mass is 446 g/mol. The number of piperidine rings is 1. The van der Waals surface area contributed by atoms with Crippen molar-refractivity contribution < 1.29 is 19.2 Å². The van der Waals surface area contributed by atoms with Gasteiger partial charge in [0.25, 0.3) is 5.91 Å². The second-order valence-electron chi connectivity index (χ2n) is 11.1. The minimum Gasteiger partial charge on any atom is -0.363 e. The lowest BCUT2D eigenvalue weighted by Crippen LogP contribution is -2.58. The highest BCUT2D eigenvalue weighted by atomic mass is 16.2. The van der Waals surface area contributed by atoms with Crippen LogP contribution in [-0.2, 0) is 19.2 Å². The zero-order valence-corrected chi connectivity index (χ0v) is 19.3. The Bertz CT molecular complexity index is 787. The third-order valence-electron chi connectivity index (χ3n) is 8.87. The number of hydrogen-bond acceptors (Lipinski definition) is 5. The normalized spacial score (nSPS) is 31.2. The predicted molar refractivity (Wildman–Crippen MR) is 119 cm³/mol. The van der Waals surface area contributed by atoms with Crippen molar-refractivity contribution in [1.29, 1.82) is 0 Å². The van der Waals surface area contributed by atoms with Crippen molar-refractivity contribution in [3.8, 4) is 0 Å². The van der Waals surface area contributed by atoms with Gasteiger partial charge in [0, 0.05) is 6.54 Å². The van der Waals surface area contributed by atoms with Gasteiger partial charge in [-0.15, -0.1) is 0 Å². The molecule has 0 spiro atoms. The molecule has 0 aromatic rings. The van der Waals surface area contributed by atoms with Crippen LogP contribution in [0.1, 0.15) is 71.6 Å². The molecule has 178 valence electrons. The first-order valence-electron chi connectivity index (χ1n) is 12.3. The van der Waals surface area contributed by atoms with Crippen LogP contribution in [0.3, 0.4) is 0 Å². The molecule has 1 aliphatic heterocycles. The number of rotatable bonds is 8. The fourth-order valence-corrected chi connectivity index (χ4v) is 6.42. The zero-order valence-electron chi connectivity index (χ0n) is 19.3. The van der Waals surface area contributed by atoms with Crippen LogP contribution in [0.2, 0.25) is 0 Å². The Morgan fingerprint density at radius 2 is 1.69 bits per heavy atom. The lowest BCUT2D eigenvalue weighted by atomic mass is 9.80. The van der Waals surface area contributed by atoms with Crippen LogP contribution in [0.4, 0.5) is 0 Å². The number of carbonyl (C=O) groups is 4. The van der Waals surface area contributed by atoms with Crippen molar-refractivity contribution in [3.63, 3.8) is 0 Å². The molecular formula is C24H38N4O4. The number of fused-ring (bicyclic) bond motifs is 1. The van der Waals surface area contributed by atoms with E-state index in [2.05, 4.69) is 19.2 Å². The van der Waals surface area contributed by atoms with E-state index in [1.54, 1.807) is 4.90 Å². The summed E-state index contributed by atoms with van der Waals surface area (Å²) in [4.78, 5) is 52.5. The molecule has 8 heteroatoms. The molecule has 3 saturated carbocycles. The van der Waals surface area contributed by atoms with Crippen molar-refractivity contribution >= 4 is 23.5 Å². The Balaban J connectivity index is 1.49. The van der Waals surface area contributed by atoms with Crippen LogP contribution in [0.25, 0.3) is 0 Å². The Morgan fingerprint density at radius 3 is 2.25 bits per heavy atom. The quantitative estimate of drug-likeness (QED) is 0.480. The van der Waals surface area contributed by atoms with Crippen LogP contribution >= 0.6 is 0 Å². The van der Waals surface area contributed by atoms with E-state index in [9.17, 15) is 19.2 Å². The van der Waals surface area contributed by atoms with Gasteiger partial charge in [-0.2, -0.15) is 0 Å². The maximum absolute atomic E-state index is 13.5. The topological polar surface area (TPSA) is 136 Å². The number of amides is 3. The molecule has 0 aromatic heterocycles. The molecule has 32 heavy (non-hydrogen) atoms. The standard InChI is InChI=1S/C24H38N4O4/c1-24(2)15-12-28(23(32)18(25)14-9-4-3-5-10-14)19(17(15)24)22(31)27-16(20(29)21(26)30)11-13-7-6-8-13/h13-19H,3-12,25H2,1-2H3,(H2,26,30)(H,27,31)/t15-,16?,17-,18-,19-/m0/s1. The van der Waals surface area contributed by atoms with Gasteiger partial charge in [-0.05, 0) is 48.3 Å². The minimum atomic E-state index is -1.03. The summed E-state index contributed by atoms with van der Waals surface area (Å²) < 4.78 is 0. The van der Waals surface area contributed by atoms with Crippen LogP contribution in [0.5, 0.6) is 0 Å². The van der Waals surface area contributed by atoms with E-state index in [4.69, 9.17) is 11.5 Å². The summed E-state index contributed by atoms with van der Waals surface area (Å²) in [6.45, 7) is 4.75. The molecule has 1 unspecified atom stereocenters. The van der Waals surface area contributed by atoms with Crippen LogP contribution in [0, 0.1) is 29.1 Å². The maximum atomic E-state index is 13.5. The maximum Gasteiger partial charge on any atom is 0.287 e. The summed E-state index contributed by atoms with van der Waals surface area (Å²) >= 11 is 0. The van der Waals surface area contributed by atoms with E-state index in [0.717, 1.165) is 44.9 Å². The molecule has 5 atom stereocenters.